The van der Waals surface area contributed by atoms with Gasteiger partial charge in [-0.05, 0) is 12.5 Å². The maximum absolute atomic E-state index is 13.1. The number of benzene rings is 1. The lowest BCUT2D eigenvalue weighted by Gasteiger charge is -2.13. The second kappa shape index (κ2) is 4.22. The molecule has 0 bridgehead atoms. The minimum absolute atomic E-state index is 0.604. The molecule has 2 nitrogen and oxygen atoms in total. The van der Waals surface area contributed by atoms with Crippen LogP contribution in [0.1, 0.15) is 24.0 Å². The molecular formula is C11H13FO2. The van der Waals surface area contributed by atoms with E-state index in [1.807, 2.05) is 13.0 Å². The van der Waals surface area contributed by atoms with Gasteiger partial charge in [-0.15, -0.1) is 0 Å². The van der Waals surface area contributed by atoms with Gasteiger partial charge >= 0.3 is 5.97 Å². The van der Waals surface area contributed by atoms with Gasteiger partial charge in [-0.1, -0.05) is 36.8 Å². The minimum Gasteiger partial charge on any atom is -0.479 e. The van der Waals surface area contributed by atoms with Gasteiger partial charge in [-0.2, -0.15) is 0 Å². The summed E-state index contributed by atoms with van der Waals surface area (Å²) in [5, 5.41) is 8.51. The van der Waals surface area contributed by atoms with Crippen molar-refractivity contribution >= 4 is 5.97 Å². The Morgan fingerprint density at radius 1 is 1.50 bits per heavy atom. The monoisotopic (exact) mass is 196 g/mol. The molecule has 0 saturated carbocycles. The van der Waals surface area contributed by atoms with Crippen LogP contribution in [-0.2, 0) is 4.79 Å². The third-order valence-corrected chi connectivity index (χ3v) is 2.24. The molecule has 0 aliphatic carbocycles. The lowest BCUT2D eigenvalue weighted by Crippen LogP contribution is -2.21. The van der Waals surface area contributed by atoms with Gasteiger partial charge in [0.2, 0.25) is 6.17 Å². The average Bonchev–Trinajstić information content (AvgIpc) is 2.15. The van der Waals surface area contributed by atoms with Crippen molar-refractivity contribution in [3.05, 3.63) is 35.4 Å². The molecule has 0 radical (unpaired) electrons. The Bertz CT molecular complexity index is 336. The quantitative estimate of drug-likeness (QED) is 0.806. The van der Waals surface area contributed by atoms with E-state index < -0.39 is 18.1 Å². The number of hydrogen-bond acceptors (Lipinski definition) is 1. The van der Waals surface area contributed by atoms with Crippen molar-refractivity contribution in [1.29, 1.82) is 0 Å². The summed E-state index contributed by atoms with van der Waals surface area (Å²) in [4.78, 5) is 10.4. The standard InChI is InChI=1S/C11H13FO2/c1-7-4-3-5-9(6-7)8(2)10(12)11(13)14/h3-6,8,10H,1-2H3,(H,13,14). The Kier molecular flexibility index (Phi) is 3.23. The van der Waals surface area contributed by atoms with E-state index in [0.717, 1.165) is 11.1 Å². The Morgan fingerprint density at radius 3 is 2.64 bits per heavy atom. The van der Waals surface area contributed by atoms with Crippen LogP contribution in [-0.4, -0.2) is 17.2 Å². The normalized spacial score (nSPS) is 14.8. The van der Waals surface area contributed by atoms with Gasteiger partial charge in [0.05, 0.1) is 0 Å². The molecule has 14 heavy (non-hydrogen) atoms. The van der Waals surface area contributed by atoms with Gasteiger partial charge in [0, 0.05) is 5.92 Å². The van der Waals surface area contributed by atoms with Crippen molar-refractivity contribution in [1.82, 2.24) is 0 Å². The Hall–Kier alpha value is -1.38. The highest BCUT2D eigenvalue weighted by atomic mass is 19.1. The molecule has 1 aromatic rings. The summed E-state index contributed by atoms with van der Waals surface area (Å²) in [6, 6.07) is 7.24. The topological polar surface area (TPSA) is 37.3 Å². The van der Waals surface area contributed by atoms with E-state index in [1.54, 1.807) is 25.1 Å². The second-order valence-corrected chi connectivity index (χ2v) is 3.44. The maximum Gasteiger partial charge on any atom is 0.338 e. The first kappa shape index (κ1) is 10.7. The molecular weight excluding hydrogens is 183 g/mol. The second-order valence-electron chi connectivity index (χ2n) is 3.44. The average molecular weight is 196 g/mol. The molecule has 0 fully saturated rings. The third kappa shape index (κ3) is 2.31. The molecule has 0 spiro atoms. The molecule has 1 aromatic carbocycles. The molecule has 0 aliphatic heterocycles. The molecule has 2 unspecified atom stereocenters. The van der Waals surface area contributed by atoms with E-state index in [4.69, 9.17) is 5.11 Å². The zero-order chi connectivity index (χ0) is 10.7. The van der Waals surface area contributed by atoms with Crippen LogP contribution in [0.5, 0.6) is 0 Å². The Labute approximate surface area is 82.4 Å². The van der Waals surface area contributed by atoms with Crippen LogP contribution < -0.4 is 0 Å². The summed E-state index contributed by atoms with van der Waals surface area (Å²) in [5.74, 6) is -2.01. The van der Waals surface area contributed by atoms with Gasteiger partial charge in [-0.25, -0.2) is 9.18 Å². The number of alkyl halides is 1. The van der Waals surface area contributed by atoms with E-state index in [9.17, 15) is 9.18 Å². The summed E-state index contributed by atoms with van der Waals surface area (Å²) < 4.78 is 13.1. The highest BCUT2D eigenvalue weighted by Crippen LogP contribution is 2.22. The van der Waals surface area contributed by atoms with Crippen LogP contribution in [0.3, 0.4) is 0 Å². The van der Waals surface area contributed by atoms with Crippen LogP contribution >= 0.6 is 0 Å². The highest BCUT2D eigenvalue weighted by Gasteiger charge is 2.24. The molecule has 1 N–H and O–H groups in total. The fourth-order valence-corrected chi connectivity index (χ4v) is 1.34. The molecule has 3 heteroatoms. The van der Waals surface area contributed by atoms with Crippen molar-refractivity contribution in [3.63, 3.8) is 0 Å². The van der Waals surface area contributed by atoms with Crippen molar-refractivity contribution in [2.45, 2.75) is 25.9 Å². The van der Waals surface area contributed by atoms with Crippen LogP contribution in [0.4, 0.5) is 4.39 Å². The van der Waals surface area contributed by atoms with E-state index in [1.165, 1.54) is 0 Å². The van der Waals surface area contributed by atoms with Gasteiger partial charge in [0.25, 0.3) is 0 Å². The van der Waals surface area contributed by atoms with E-state index in [-0.39, 0.29) is 0 Å². The fraction of sp³-hybridized carbons (Fsp3) is 0.364. The lowest BCUT2D eigenvalue weighted by molar-refractivity contribution is -0.143. The van der Waals surface area contributed by atoms with Crippen molar-refractivity contribution in [2.75, 3.05) is 0 Å². The van der Waals surface area contributed by atoms with E-state index >= 15 is 0 Å². The Morgan fingerprint density at radius 2 is 2.14 bits per heavy atom. The first-order chi connectivity index (χ1) is 6.52. The zero-order valence-corrected chi connectivity index (χ0v) is 8.20. The Balaban J connectivity index is 2.89. The predicted molar refractivity (Wildman–Crippen MR) is 52.1 cm³/mol. The van der Waals surface area contributed by atoms with E-state index in [0.29, 0.717) is 0 Å². The van der Waals surface area contributed by atoms with Gasteiger partial charge in [0.1, 0.15) is 0 Å². The number of carbonyl (C=O) groups is 1. The molecule has 1 rings (SSSR count). The molecule has 0 saturated heterocycles. The summed E-state index contributed by atoms with van der Waals surface area (Å²) in [6.45, 7) is 3.47. The van der Waals surface area contributed by atoms with Crippen LogP contribution in [0.25, 0.3) is 0 Å². The number of halogens is 1. The summed E-state index contributed by atoms with van der Waals surface area (Å²) in [5.41, 5.74) is 1.73. The molecule has 0 heterocycles. The lowest BCUT2D eigenvalue weighted by atomic mass is 9.95. The summed E-state index contributed by atoms with van der Waals surface area (Å²) >= 11 is 0. The molecule has 0 amide bonds. The number of carboxylic acid groups (broad SMARTS) is 1. The zero-order valence-electron chi connectivity index (χ0n) is 8.20. The summed E-state index contributed by atoms with van der Waals surface area (Å²) in [7, 11) is 0. The maximum atomic E-state index is 13.1. The number of aliphatic carboxylic acids is 1. The number of carboxylic acids is 1. The van der Waals surface area contributed by atoms with E-state index in [2.05, 4.69) is 0 Å². The fourth-order valence-electron chi connectivity index (χ4n) is 1.34. The third-order valence-electron chi connectivity index (χ3n) is 2.24. The van der Waals surface area contributed by atoms with Crippen molar-refractivity contribution in [2.24, 2.45) is 0 Å². The number of hydrogen-bond donors (Lipinski definition) is 1. The molecule has 0 aromatic heterocycles. The van der Waals surface area contributed by atoms with Gasteiger partial charge in [0.15, 0.2) is 0 Å². The smallest absolute Gasteiger partial charge is 0.338 e. The predicted octanol–water partition coefficient (Wildman–Crippen LogP) is 2.52. The largest absolute Gasteiger partial charge is 0.479 e. The van der Waals surface area contributed by atoms with Crippen LogP contribution in [0, 0.1) is 6.92 Å². The first-order valence-corrected chi connectivity index (χ1v) is 4.46. The minimum atomic E-state index is -1.84. The molecule has 0 aliphatic rings. The SMILES string of the molecule is Cc1cccc(C(C)C(F)C(=O)O)c1. The molecule has 76 valence electrons. The van der Waals surface area contributed by atoms with Crippen molar-refractivity contribution < 1.29 is 14.3 Å². The van der Waals surface area contributed by atoms with Gasteiger partial charge in [-0.3, -0.25) is 0 Å². The number of aryl methyl sites for hydroxylation is 1. The molecule has 2 atom stereocenters. The highest BCUT2D eigenvalue weighted by molar-refractivity contribution is 5.73. The first-order valence-electron chi connectivity index (χ1n) is 4.46. The van der Waals surface area contributed by atoms with Gasteiger partial charge < -0.3 is 5.11 Å². The van der Waals surface area contributed by atoms with Crippen LogP contribution in [0.2, 0.25) is 0 Å². The summed E-state index contributed by atoms with van der Waals surface area (Å²) in [6.07, 6.45) is -1.84. The number of rotatable bonds is 3. The van der Waals surface area contributed by atoms with Crippen LogP contribution in [0.15, 0.2) is 24.3 Å². The van der Waals surface area contributed by atoms with Crippen molar-refractivity contribution in [3.8, 4) is 0 Å².